The Bertz CT molecular complexity index is 528. The van der Waals surface area contributed by atoms with Crippen molar-refractivity contribution in [1.29, 1.82) is 0 Å². The van der Waals surface area contributed by atoms with Gasteiger partial charge in [-0.15, -0.1) is 0 Å². The molecule has 0 radical (unpaired) electrons. The Hall–Kier alpha value is -2.15. The maximum absolute atomic E-state index is 13.7. The molecule has 1 aromatic carbocycles. The predicted octanol–water partition coefficient (Wildman–Crippen LogP) is 0.131. The number of hydrogen-bond donors (Lipinski definition) is 2. The number of rotatable bonds is 4. The largest absolute Gasteiger partial charge is 0.480 e. The molecule has 3 N–H and O–H groups in total. The van der Waals surface area contributed by atoms with Crippen LogP contribution in [0.5, 0.6) is 0 Å². The van der Waals surface area contributed by atoms with Crippen LogP contribution >= 0.6 is 0 Å². The molecule has 0 atom stereocenters. The van der Waals surface area contributed by atoms with Crippen LogP contribution in [0.25, 0.3) is 0 Å². The van der Waals surface area contributed by atoms with Crippen molar-refractivity contribution in [3.63, 3.8) is 0 Å². The van der Waals surface area contributed by atoms with Gasteiger partial charge in [-0.1, -0.05) is 6.07 Å². The van der Waals surface area contributed by atoms with E-state index in [1.54, 1.807) is 11.0 Å². The summed E-state index contributed by atoms with van der Waals surface area (Å²) in [6.45, 7) is 2.12. The number of benzene rings is 1. The molecule has 0 spiro atoms. The third-order valence-electron chi connectivity index (χ3n) is 3.31. The number of nitrogens with zero attached hydrogens (tertiary/aromatic N) is 2. The van der Waals surface area contributed by atoms with E-state index in [0.717, 1.165) is 0 Å². The third kappa shape index (κ3) is 3.05. The minimum Gasteiger partial charge on any atom is -0.480 e. The maximum Gasteiger partial charge on any atom is 0.317 e. The number of anilines is 1. The molecule has 1 aromatic rings. The molecule has 0 aromatic heterocycles. The number of carboxylic acids is 1. The van der Waals surface area contributed by atoms with E-state index in [0.29, 0.717) is 31.9 Å². The van der Waals surface area contributed by atoms with E-state index in [2.05, 4.69) is 0 Å². The zero-order chi connectivity index (χ0) is 14.7. The van der Waals surface area contributed by atoms with Crippen molar-refractivity contribution in [2.75, 3.05) is 37.6 Å². The van der Waals surface area contributed by atoms with Gasteiger partial charge in [-0.25, -0.2) is 4.39 Å². The number of carboxylic acid groups (broad SMARTS) is 1. The normalized spacial score (nSPS) is 16.1. The van der Waals surface area contributed by atoms with Crippen LogP contribution in [0.4, 0.5) is 10.1 Å². The number of carbonyl (C=O) groups is 2. The number of halogens is 1. The Kier molecular flexibility index (Phi) is 4.19. The molecule has 7 heteroatoms. The molecule has 0 bridgehead atoms. The molecular formula is C13H16FN3O3. The average molecular weight is 281 g/mol. The van der Waals surface area contributed by atoms with E-state index in [-0.39, 0.29) is 12.1 Å². The van der Waals surface area contributed by atoms with Crippen LogP contribution in [0.1, 0.15) is 10.4 Å². The van der Waals surface area contributed by atoms with Crippen molar-refractivity contribution < 1.29 is 19.1 Å². The zero-order valence-electron chi connectivity index (χ0n) is 10.9. The monoisotopic (exact) mass is 281 g/mol. The highest BCUT2D eigenvalue weighted by Crippen LogP contribution is 2.24. The topological polar surface area (TPSA) is 86.9 Å². The molecule has 6 nitrogen and oxygen atoms in total. The van der Waals surface area contributed by atoms with E-state index >= 15 is 0 Å². The lowest BCUT2D eigenvalue weighted by molar-refractivity contribution is -0.138. The summed E-state index contributed by atoms with van der Waals surface area (Å²) >= 11 is 0. The standard InChI is InChI=1S/C13H16FN3O3/c14-9-2-1-3-10(12(9)13(15)20)17-6-4-16(5-7-17)8-11(18)19/h1-3H,4-8H2,(H2,15,20)(H,18,19). The van der Waals surface area contributed by atoms with Gasteiger partial charge in [0.05, 0.1) is 17.8 Å². The van der Waals surface area contributed by atoms with Gasteiger partial charge >= 0.3 is 5.97 Å². The second-order valence-electron chi connectivity index (χ2n) is 4.66. The second kappa shape index (κ2) is 5.87. The van der Waals surface area contributed by atoms with Crippen molar-refractivity contribution in [3.8, 4) is 0 Å². The zero-order valence-corrected chi connectivity index (χ0v) is 10.9. The SMILES string of the molecule is NC(=O)c1c(F)cccc1N1CCN(CC(=O)O)CC1. The molecule has 2 rings (SSSR count). The minimum absolute atomic E-state index is 0.0142. The summed E-state index contributed by atoms with van der Waals surface area (Å²) in [4.78, 5) is 25.6. The van der Waals surface area contributed by atoms with Crippen LogP contribution in [0.2, 0.25) is 0 Å². The molecule has 0 aliphatic carbocycles. The number of piperazine rings is 1. The van der Waals surface area contributed by atoms with E-state index in [4.69, 9.17) is 10.8 Å². The summed E-state index contributed by atoms with van der Waals surface area (Å²) in [5.41, 5.74) is 5.57. The highest BCUT2D eigenvalue weighted by atomic mass is 19.1. The van der Waals surface area contributed by atoms with Crippen molar-refractivity contribution in [3.05, 3.63) is 29.6 Å². The maximum atomic E-state index is 13.7. The molecule has 1 aliphatic rings. The van der Waals surface area contributed by atoms with Crippen LogP contribution in [0.3, 0.4) is 0 Å². The lowest BCUT2D eigenvalue weighted by Crippen LogP contribution is -2.48. The first-order chi connectivity index (χ1) is 9.49. The lowest BCUT2D eigenvalue weighted by Gasteiger charge is -2.36. The van der Waals surface area contributed by atoms with Gasteiger partial charge in [0.15, 0.2) is 0 Å². The van der Waals surface area contributed by atoms with E-state index in [1.165, 1.54) is 12.1 Å². The number of hydrogen-bond acceptors (Lipinski definition) is 4. The number of amides is 1. The fraction of sp³-hybridized carbons (Fsp3) is 0.385. The van der Waals surface area contributed by atoms with Crippen LogP contribution in [0.15, 0.2) is 18.2 Å². The van der Waals surface area contributed by atoms with Crippen molar-refractivity contribution in [2.24, 2.45) is 5.73 Å². The van der Waals surface area contributed by atoms with Crippen LogP contribution in [-0.4, -0.2) is 54.6 Å². The Morgan fingerprint density at radius 1 is 1.25 bits per heavy atom. The highest BCUT2D eigenvalue weighted by molar-refractivity contribution is 5.99. The van der Waals surface area contributed by atoms with E-state index in [9.17, 15) is 14.0 Å². The van der Waals surface area contributed by atoms with Gasteiger partial charge in [-0.05, 0) is 12.1 Å². The fourth-order valence-electron chi connectivity index (χ4n) is 2.36. The molecule has 0 unspecified atom stereocenters. The van der Waals surface area contributed by atoms with Gasteiger partial charge in [-0.2, -0.15) is 0 Å². The second-order valence-corrected chi connectivity index (χ2v) is 4.66. The molecule has 1 aliphatic heterocycles. The Morgan fingerprint density at radius 2 is 1.90 bits per heavy atom. The van der Waals surface area contributed by atoms with E-state index in [1.807, 2.05) is 4.90 Å². The van der Waals surface area contributed by atoms with Gasteiger partial charge in [-0.3, -0.25) is 14.5 Å². The molecule has 108 valence electrons. The van der Waals surface area contributed by atoms with Crippen LogP contribution in [-0.2, 0) is 4.79 Å². The van der Waals surface area contributed by atoms with Gasteiger partial charge < -0.3 is 15.7 Å². The average Bonchev–Trinajstić information content (AvgIpc) is 2.38. The van der Waals surface area contributed by atoms with Crippen molar-refractivity contribution >= 4 is 17.6 Å². The first kappa shape index (κ1) is 14.3. The van der Waals surface area contributed by atoms with Crippen LogP contribution < -0.4 is 10.6 Å². The third-order valence-corrected chi connectivity index (χ3v) is 3.31. The smallest absolute Gasteiger partial charge is 0.317 e. The molecule has 1 amide bonds. The summed E-state index contributed by atoms with van der Waals surface area (Å²) in [5.74, 6) is -2.31. The summed E-state index contributed by atoms with van der Waals surface area (Å²) < 4.78 is 13.7. The molecule has 1 heterocycles. The fourth-order valence-corrected chi connectivity index (χ4v) is 2.36. The summed E-state index contributed by atoms with van der Waals surface area (Å²) in [7, 11) is 0. The van der Waals surface area contributed by atoms with Crippen molar-refractivity contribution in [1.82, 2.24) is 4.90 Å². The van der Waals surface area contributed by atoms with Crippen LogP contribution in [0, 0.1) is 5.82 Å². The Labute approximate surface area is 115 Å². The van der Waals surface area contributed by atoms with Gasteiger partial charge in [0.1, 0.15) is 5.82 Å². The molecule has 20 heavy (non-hydrogen) atoms. The molecule has 1 saturated heterocycles. The first-order valence-electron chi connectivity index (χ1n) is 6.26. The van der Waals surface area contributed by atoms with Gasteiger partial charge in [0.25, 0.3) is 5.91 Å². The van der Waals surface area contributed by atoms with Gasteiger partial charge in [0, 0.05) is 26.2 Å². The molecule has 0 saturated carbocycles. The van der Waals surface area contributed by atoms with E-state index < -0.39 is 17.7 Å². The number of primary amides is 1. The van der Waals surface area contributed by atoms with Gasteiger partial charge in [0.2, 0.25) is 0 Å². The number of nitrogens with two attached hydrogens (primary N) is 1. The predicted molar refractivity (Wildman–Crippen MR) is 71.2 cm³/mol. The lowest BCUT2D eigenvalue weighted by atomic mass is 10.1. The Balaban J connectivity index is 2.13. The highest BCUT2D eigenvalue weighted by Gasteiger charge is 2.23. The summed E-state index contributed by atoms with van der Waals surface area (Å²) in [6, 6.07) is 4.38. The first-order valence-corrected chi connectivity index (χ1v) is 6.26. The van der Waals surface area contributed by atoms with Crippen molar-refractivity contribution in [2.45, 2.75) is 0 Å². The molecule has 1 fully saturated rings. The quantitative estimate of drug-likeness (QED) is 0.819. The number of carbonyl (C=O) groups excluding carboxylic acids is 1. The summed E-state index contributed by atoms with van der Waals surface area (Å²) in [6.07, 6.45) is 0. The summed E-state index contributed by atoms with van der Waals surface area (Å²) in [5, 5.41) is 8.74. The minimum atomic E-state index is -0.873. The number of aliphatic carboxylic acids is 1. The Morgan fingerprint density at radius 3 is 2.45 bits per heavy atom. The molecular weight excluding hydrogens is 265 g/mol.